The minimum Gasteiger partial charge on any atom is -0.374 e. The van der Waals surface area contributed by atoms with Gasteiger partial charge in [-0.25, -0.2) is 0 Å². The summed E-state index contributed by atoms with van der Waals surface area (Å²) >= 11 is 0. The highest BCUT2D eigenvalue weighted by molar-refractivity contribution is 5.04. The number of methoxy groups -OCH3 is 1. The van der Waals surface area contributed by atoms with Crippen molar-refractivity contribution in [1.29, 1.82) is 0 Å². The summed E-state index contributed by atoms with van der Waals surface area (Å²) in [6.07, 6.45) is 0. The van der Waals surface area contributed by atoms with E-state index in [0.717, 1.165) is 5.57 Å². The van der Waals surface area contributed by atoms with Crippen LogP contribution < -0.4 is 0 Å². The third-order valence-electron chi connectivity index (χ3n) is 1.54. The van der Waals surface area contributed by atoms with Gasteiger partial charge in [0.05, 0.1) is 5.60 Å². The van der Waals surface area contributed by atoms with Crippen LogP contribution in [0.25, 0.3) is 0 Å². The first kappa shape index (κ1) is 7.70. The lowest BCUT2D eigenvalue weighted by molar-refractivity contribution is 0.0555. The number of ether oxygens (including phenoxy) is 1. The molecule has 0 fully saturated rings. The molecule has 8 heavy (non-hydrogen) atoms. The maximum absolute atomic E-state index is 5.10. The van der Waals surface area contributed by atoms with Gasteiger partial charge in [-0.3, -0.25) is 0 Å². The van der Waals surface area contributed by atoms with Gasteiger partial charge in [-0.15, -0.1) is 0 Å². The van der Waals surface area contributed by atoms with E-state index in [9.17, 15) is 0 Å². The quantitative estimate of drug-likeness (QED) is 0.499. The Morgan fingerprint density at radius 1 is 1.50 bits per heavy atom. The van der Waals surface area contributed by atoms with Gasteiger partial charge in [-0.05, 0) is 26.3 Å². The maximum Gasteiger partial charge on any atom is 0.0826 e. The van der Waals surface area contributed by atoms with Gasteiger partial charge in [0.1, 0.15) is 0 Å². The van der Waals surface area contributed by atoms with Crippen molar-refractivity contribution >= 4 is 0 Å². The Morgan fingerprint density at radius 3 is 1.88 bits per heavy atom. The van der Waals surface area contributed by atoms with Crippen LogP contribution >= 0.6 is 0 Å². The second-order valence-corrected chi connectivity index (χ2v) is 2.49. The van der Waals surface area contributed by atoms with Crippen molar-refractivity contribution in [1.82, 2.24) is 0 Å². The monoisotopic (exact) mass is 114 g/mol. The van der Waals surface area contributed by atoms with Gasteiger partial charge in [0, 0.05) is 7.11 Å². The van der Waals surface area contributed by atoms with Crippen molar-refractivity contribution in [3.8, 4) is 0 Å². The summed E-state index contributed by atoms with van der Waals surface area (Å²) in [4.78, 5) is 0. The van der Waals surface area contributed by atoms with Crippen molar-refractivity contribution in [2.45, 2.75) is 26.4 Å². The predicted molar refractivity (Wildman–Crippen MR) is 35.9 cm³/mol. The molecule has 48 valence electrons. The molecule has 0 aliphatic heterocycles. The molecule has 0 bridgehead atoms. The molecule has 0 spiro atoms. The topological polar surface area (TPSA) is 9.23 Å². The number of rotatable bonds is 2. The third kappa shape index (κ3) is 1.66. The van der Waals surface area contributed by atoms with Crippen LogP contribution in [0.3, 0.4) is 0 Å². The van der Waals surface area contributed by atoms with E-state index in [2.05, 4.69) is 6.58 Å². The Bertz CT molecular complexity index is 92.6. The molecule has 0 unspecified atom stereocenters. The zero-order valence-corrected chi connectivity index (χ0v) is 6.12. The number of hydrogen-bond donors (Lipinski definition) is 0. The van der Waals surface area contributed by atoms with E-state index in [0.29, 0.717) is 0 Å². The van der Waals surface area contributed by atoms with Crippen LogP contribution in [-0.4, -0.2) is 12.7 Å². The molecule has 0 atom stereocenters. The zero-order chi connectivity index (χ0) is 6.78. The highest BCUT2D eigenvalue weighted by Crippen LogP contribution is 2.15. The van der Waals surface area contributed by atoms with Crippen molar-refractivity contribution in [2.24, 2.45) is 0 Å². The minimum absolute atomic E-state index is 0.153. The summed E-state index contributed by atoms with van der Waals surface area (Å²) in [5.41, 5.74) is 0.903. The lowest BCUT2D eigenvalue weighted by atomic mass is 10.0. The zero-order valence-electron chi connectivity index (χ0n) is 6.12. The van der Waals surface area contributed by atoms with E-state index >= 15 is 0 Å². The molecule has 0 aromatic heterocycles. The molecule has 1 nitrogen and oxygen atoms in total. The standard InChI is InChI=1S/C7H14O/c1-6(2)7(3,4)8-5/h1H2,2-5H3. The third-order valence-corrected chi connectivity index (χ3v) is 1.54. The summed E-state index contributed by atoms with van der Waals surface area (Å²) in [5.74, 6) is 0. The fourth-order valence-electron chi connectivity index (χ4n) is 0.174. The molecule has 0 saturated heterocycles. The van der Waals surface area contributed by atoms with E-state index in [1.54, 1.807) is 7.11 Å². The first-order valence-electron chi connectivity index (χ1n) is 2.72. The molecule has 0 aliphatic carbocycles. The summed E-state index contributed by atoms with van der Waals surface area (Å²) in [6, 6.07) is 0. The van der Waals surface area contributed by atoms with E-state index < -0.39 is 0 Å². The Labute approximate surface area is 51.4 Å². The minimum atomic E-state index is -0.153. The lowest BCUT2D eigenvalue weighted by Gasteiger charge is -2.22. The van der Waals surface area contributed by atoms with Gasteiger partial charge in [0.15, 0.2) is 0 Å². The van der Waals surface area contributed by atoms with Crippen molar-refractivity contribution in [2.75, 3.05) is 7.11 Å². The molecule has 0 radical (unpaired) electrons. The van der Waals surface area contributed by atoms with Crippen LogP contribution in [0.5, 0.6) is 0 Å². The summed E-state index contributed by atoms with van der Waals surface area (Å²) in [5, 5.41) is 0. The molecule has 0 rings (SSSR count). The number of hydrogen-bond acceptors (Lipinski definition) is 1. The van der Waals surface area contributed by atoms with Crippen LogP contribution in [-0.2, 0) is 4.74 Å². The highest BCUT2D eigenvalue weighted by Gasteiger charge is 2.15. The van der Waals surface area contributed by atoms with Gasteiger partial charge < -0.3 is 4.74 Å². The smallest absolute Gasteiger partial charge is 0.0826 e. The van der Waals surface area contributed by atoms with Crippen LogP contribution in [0, 0.1) is 0 Å². The van der Waals surface area contributed by atoms with Gasteiger partial charge in [-0.2, -0.15) is 0 Å². The van der Waals surface area contributed by atoms with Crippen molar-refractivity contribution < 1.29 is 4.74 Å². The Balaban J connectivity index is 3.91. The van der Waals surface area contributed by atoms with E-state index in [1.165, 1.54) is 0 Å². The average molecular weight is 114 g/mol. The molecule has 0 N–H and O–H groups in total. The second-order valence-electron chi connectivity index (χ2n) is 2.49. The fourth-order valence-corrected chi connectivity index (χ4v) is 0.174. The van der Waals surface area contributed by atoms with Crippen LogP contribution in [0.4, 0.5) is 0 Å². The Hall–Kier alpha value is -0.300. The van der Waals surface area contributed by atoms with Crippen LogP contribution in [0.15, 0.2) is 12.2 Å². The van der Waals surface area contributed by atoms with Gasteiger partial charge in [-0.1, -0.05) is 6.58 Å². The van der Waals surface area contributed by atoms with Crippen molar-refractivity contribution in [3.63, 3.8) is 0 Å². The Kier molecular flexibility index (Phi) is 2.23. The normalized spacial score (nSPS) is 11.5. The average Bonchev–Trinajstić information content (AvgIpc) is 1.67. The SMILES string of the molecule is C=C(C)C(C)(C)OC. The largest absolute Gasteiger partial charge is 0.374 e. The van der Waals surface area contributed by atoms with Crippen molar-refractivity contribution in [3.05, 3.63) is 12.2 Å². The van der Waals surface area contributed by atoms with Crippen LogP contribution in [0.2, 0.25) is 0 Å². The highest BCUT2D eigenvalue weighted by atomic mass is 16.5. The molecule has 0 aromatic carbocycles. The molecule has 1 heteroatoms. The predicted octanol–water partition coefficient (Wildman–Crippen LogP) is 1.99. The molecule has 0 heterocycles. The first-order valence-corrected chi connectivity index (χ1v) is 2.72. The van der Waals surface area contributed by atoms with Gasteiger partial charge in [0.2, 0.25) is 0 Å². The molecule has 0 amide bonds. The van der Waals surface area contributed by atoms with E-state index in [4.69, 9.17) is 4.74 Å². The van der Waals surface area contributed by atoms with E-state index in [-0.39, 0.29) is 5.60 Å². The molecule has 0 aliphatic rings. The summed E-state index contributed by atoms with van der Waals surface area (Å²) in [6.45, 7) is 9.73. The maximum atomic E-state index is 5.10. The Morgan fingerprint density at radius 2 is 1.88 bits per heavy atom. The van der Waals surface area contributed by atoms with Gasteiger partial charge in [0.25, 0.3) is 0 Å². The first-order chi connectivity index (χ1) is 3.50. The van der Waals surface area contributed by atoms with Gasteiger partial charge >= 0.3 is 0 Å². The molecule has 0 saturated carbocycles. The molecular formula is C7H14O. The van der Waals surface area contributed by atoms with E-state index in [1.807, 2.05) is 20.8 Å². The molecular weight excluding hydrogens is 100 g/mol. The summed E-state index contributed by atoms with van der Waals surface area (Å²) < 4.78 is 5.10. The lowest BCUT2D eigenvalue weighted by Crippen LogP contribution is -2.22. The fraction of sp³-hybridized carbons (Fsp3) is 0.714. The summed E-state index contributed by atoms with van der Waals surface area (Å²) in [7, 11) is 1.69. The van der Waals surface area contributed by atoms with Crippen LogP contribution in [0.1, 0.15) is 20.8 Å². The molecule has 0 aromatic rings. The second kappa shape index (κ2) is 2.31.